The Bertz CT molecular complexity index is 508. The molecule has 0 bridgehead atoms. The molecule has 1 aromatic heterocycles. The van der Waals surface area contributed by atoms with Crippen LogP contribution in [0.25, 0.3) is 0 Å². The fraction of sp³-hybridized carbons (Fsp3) is 0.500. The van der Waals surface area contributed by atoms with Gasteiger partial charge in [-0.25, -0.2) is 17.9 Å². The molecule has 1 rings (SSSR count). The van der Waals surface area contributed by atoms with E-state index in [0.29, 0.717) is 12.8 Å². The largest absolute Gasteiger partial charge is 0.478 e. The first kappa shape index (κ1) is 15.1. The second-order valence-electron chi connectivity index (χ2n) is 3.70. The molecule has 0 radical (unpaired) electrons. The number of aliphatic hydroxyl groups is 1. The molecule has 6 nitrogen and oxygen atoms in total. The lowest BCUT2D eigenvalue weighted by Crippen LogP contribution is -2.34. The molecule has 0 saturated carbocycles. The molecule has 1 heterocycles. The zero-order valence-corrected chi connectivity index (χ0v) is 11.4. The minimum atomic E-state index is -3.71. The van der Waals surface area contributed by atoms with Crippen LogP contribution in [0.5, 0.6) is 0 Å². The number of carboxylic acid groups (broad SMARTS) is 1. The first-order valence-corrected chi connectivity index (χ1v) is 7.72. The normalized spacial score (nSPS) is 13.4. The fourth-order valence-corrected chi connectivity index (χ4v) is 3.87. The molecule has 0 saturated heterocycles. The molecular formula is C10H15NO5S2. The van der Waals surface area contributed by atoms with Crippen LogP contribution in [0.2, 0.25) is 0 Å². The van der Waals surface area contributed by atoms with Crippen molar-refractivity contribution in [1.82, 2.24) is 4.72 Å². The number of aliphatic hydroxyl groups excluding tert-OH is 1. The maximum Gasteiger partial charge on any atom is 0.336 e. The van der Waals surface area contributed by atoms with Gasteiger partial charge < -0.3 is 10.2 Å². The number of thiophene rings is 1. The fourth-order valence-electron chi connectivity index (χ4n) is 1.35. The number of hydrogen-bond acceptors (Lipinski definition) is 5. The highest BCUT2D eigenvalue weighted by Gasteiger charge is 2.21. The maximum absolute atomic E-state index is 11.9. The average molecular weight is 293 g/mol. The van der Waals surface area contributed by atoms with Crippen LogP contribution in [-0.4, -0.2) is 37.2 Å². The Labute approximate surface area is 109 Å². The number of nitrogens with one attached hydrogen (secondary N) is 1. The molecule has 0 spiro atoms. The average Bonchev–Trinajstić information content (AvgIpc) is 2.78. The lowest BCUT2D eigenvalue weighted by Gasteiger charge is -2.14. The zero-order chi connectivity index (χ0) is 13.8. The summed E-state index contributed by atoms with van der Waals surface area (Å²) < 4.78 is 26.3. The van der Waals surface area contributed by atoms with Gasteiger partial charge in [-0.05, 0) is 18.9 Å². The van der Waals surface area contributed by atoms with Crippen LogP contribution in [0, 0.1) is 0 Å². The van der Waals surface area contributed by atoms with E-state index in [1.54, 1.807) is 6.92 Å². The van der Waals surface area contributed by atoms with Gasteiger partial charge in [-0.3, -0.25) is 0 Å². The Morgan fingerprint density at radius 2 is 2.22 bits per heavy atom. The summed E-state index contributed by atoms with van der Waals surface area (Å²) in [6, 6.07) is 0.774. The summed E-state index contributed by atoms with van der Waals surface area (Å²) >= 11 is 0.862. The van der Waals surface area contributed by atoms with Gasteiger partial charge in [-0.1, -0.05) is 6.92 Å². The third-order valence-corrected chi connectivity index (χ3v) is 5.34. The summed E-state index contributed by atoms with van der Waals surface area (Å²) in [4.78, 5) is 10.7. The second kappa shape index (κ2) is 6.28. The van der Waals surface area contributed by atoms with Gasteiger partial charge in [0.25, 0.3) is 0 Å². The van der Waals surface area contributed by atoms with Crippen molar-refractivity contribution in [1.29, 1.82) is 0 Å². The highest BCUT2D eigenvalue weighted by Crippen LogP contribution is 2.20. The van der Waals surface area contributed by atoms with Gasteiger partial charge in [0.15, 0.2) is 0 Å². The molecule has 1 atom stereocenters. The van der Waals surface area contributed by atoms with E-state index in [1.165, 1.54) is 5.38 Å². The van der Waals surface area contributed by atoms with E-state index in [-0.39, 0.29) is 22.4 Å². The van der Waals surface area contributed by atoms with Crippen LogP contribution in [0.4, 0.5) is 0 Å². The van der Waals surface area contributed by atoms with E-state index >= 15 is 0 Å². The molecule has 3 N–H and O–H groups in total. The predicted octanol–water partition coefficient (Wildman–Crippen LogP) is 0.886. The van der Waals surface area contributed by atoms with Crippen molar-refractivity contribution < 1.29 is 23.4 Å². The number of carbonyl (C=O) groups is 1. The summed E-state index contributed by atoms with van der Waals surface area (Å²) in [7, 11) is -3.71. The van der Waals surface area contributed by atoms with Crippen molar-refractivity contribution in [3.63, 3.8) is 0 Å². The Kier molecular flexibility index (Phi) is 5.27. The van der Waals surface area contributed by atoms with Crippen molar-refractivity contribution >= 4 is 27.3 Å². The van der Waals surface area contributed by atoms with Crippen LogP contribution < -0.4 is 4.72 Å². The van der Waals surface area contributed by atoms with Crippen LogP contribution in [0.15, 0.2) is 15.7 Å². The SMILES string of the molecule is CCC(CCO)NS(=O)(=O)c1cc(C(=O)O)cs1. The van der Waals surface area contributed by atoms with Crippen molar-refractivity contribution in [2.75, 3.05) is 6.61 Å². The number of carboxylic acids is 1. The van der Waals surface area contributed by atoms with Gasteiger partial charge in [0.2, 0.25) is 10.0 Å². The Morgan fingerprint density at radius 3 is 2.67 bits per heavy atom. The summed E-state index contributed by atoms with van der Waals surface area (Å²) in [5, 5.41) is 18.8. The van der Waals surface area contributed by atoms with E-state index in [2.05, 4.69) is 4.72 Å². The molecule has 0 aliphatic rings. The minimum Gasteiger partial charge on any atom is -0.478 e. The van der Waals surface area contributed by atoms with Gasteiger partial charge in [0, 0.05) is 18.0 Å². The minimum absolute atomic E-state index is 0.0312. The van der Waals surface area contributed by atoms with Crippen molar-refractivity contribution in [2.45, 2.75) is 30.0 Å². The van der Waals surface area contributed by atoms with Gasteiger partial charge in [0.05, 0.1) is 5.56 Å². The van der Waals surface area contributed by atoms with Crippen molar-refractivity contribution in [3.8, 4) is 0 Å². The van der Waals surface area contributed by atoms with E-state index in [9.17, 15) is 13.2 Å². The molecule has 102 valence electrons. The number of hydrogen-bond donors (Lipinski definition) is 3. The Balaban J connectivity index is 2.88. The second-order valence-corrected chi connectivity index (χ2v) is 6.55. The summed E-state index contributed by atoms with van der Waals surface area (Å²) in [5.74, 6) is -1.16. The number of aromatic carboxylic acids is 1. The Morgan fingerprint density at radius 1 is 1.56 bits per heavy atom. The monoisotopic (exact) mass is 293 g/mol. The van der Waals surface area contributed by atoms with Gasteiger partial charge in [0.1, 0.15) is 4.21 Å². The van der Waals surface area contributed by atoms with Crippen LogP contribution in [-0.2, 0) is 10.0 Å². The predicted molar refractivity (Wildman–Crippen MR) is 67.4 cm³/mol. The van der Waals surface area contributed by atoms with Crippen LogP contribution in [0.1, 0.15) is 30.1 Å². The molecular weight excluding hydrogens is 278 g/mol. The quantitative estimate of drug-likeness (QED) is 0.692. The smallest absolute Gasteiger partial charge is 0.336 e. The van der Waals surface area contributed by atoms with Crippen LogP contribution >= 0.6 is 11.3 Å². The maximum atomic E-state index is 11.9. The lowest BCUT2D eigenvalue weighted by atomic mass is 10.2. The molecule has 1 unspecified atom stereocenters. The molecule has 8 heteroatoms. The number of rotatable bonds is 7. The molecule has 1 aromatic rings. The van der Waals surface area contributed by atoms with Crippen molar-refractivity contribution in [3.05, 3.63) is 17.0 Å². The molecule has 18 heavy (non-hydrogen) atoms. The highest BCUT2D eigenvalue weighted by atomic mass is 32.2. The zero-order valence-electron chi connectivity index (χ0n) is 9.79. The summed E-state index contributed by atoms with van der Waals surface area (Å²) in [6.45, 7) is 1.70. The third-order valence-electron chi connectivity index (χ3n) is 2.38. The topological polar surface area (TPSA) is 104 Å². The molecule has 0 aliphatic carbocycles. The summed E-state index contributed by atoms with van der Waals surface area (Å²) in [5.41, 5.74) is -0.0458. The van der Waals surface area contributed by atoms with Gasteiger partial charge in [-0.15, -0.1) is 11.3 Å². The highest BCUT2D eigenvalue weighted by molar-refractivity contribution is 7.91. The molecule has 0 amide bonds. The number of sulfonamides is 1. The first-order chi connectivity index (χ1) is 8.40. The third kappa shape index (κ3) is 3.77. The van der Waals surface area contributed by atoms with Gasteiger partial charge >= 0.3 is 5.97 Å². The van der Waals surface area contributed by atoms with E-state index < -0.39 is 16.0 Å². The molecule has 0 fully saturated rings. The van der Waals surface area contributed by atoms with Crippen molar-refractivity contribution in [2.24, 2.45) is 0 Å². The molecule has 0 aliphatic heterocycles. The lowest BCUT2D eigenvalue weighted by molar-refractivity contribution is 0.0697. The standard InChI is InChI=1S/C10H15NO5S2/c1-2-8(3-4-12)11-18(15,16)9-5-7(6-17-9)10(13)14/h5-6,8,11-12H,2-4H2,1H3,(H,13,14). The van der Waals surface area contributed by atoms with Crippen LogP contribution in [0.3, 0.4) is 0 Å². The first-order valence-electron chi connectivity index (χ1n) is 5.35. The molecule has 0 aromatic carbocycles. The van der Waals surface area contributed by atoms with E-state index in [0.717, 1.165) is 17.4 Å². The Hall–Kier alpha value is -0.960. The van der Waals surface area contributed by atoms with E-state index in [1.807, 2.05) is 0 Å². The summed E-state index contributed by atoms with van der Waals surface area (Å²) in [6.07, 6.45) is 0.879. The van der Waals surface area contributed by atoms with Gasteiger partial charge in [-0.2, -0.15) is 0 Å². The van der Waals surface area contributed by atoms with E-state index in [4.69, 9.17) is 10.2 Å².